The fourth-order valence-corrected chi connectivity index (χ4v) is 3.08. The lowest BCUT2D eigenvalue weighted by Gasteiger charge is -2.24. The van der Waals surface area contributed by atoms with Crippen LogP contribution in [0.15, 0.2) is 52.3 Å². The molecule has 2 aliphatic carbocycles. The second-order valence-electron chi connectivity index (χ2n) is 5.76. The maximum Gasteiger partial charge on any atom is 0.343 e. The lowest BCUT2D eigenvalue weighted by atomic mass is 9.90. The zero-order valence-corrected chi connectivity index (χ0v) is 13.3. The van der Waals surface area contributed by atoms with Gasteiger partial charge in [0.15, 0.2) is 0 Å². The van der Waals surface area contributed by atoms with Gasteiger partial charge in [0.2, 0.25) is 0 Å². The molecule has 0 aliphatic heterocycles. The minimum absolute atomic E-state index is 0.167. The molecule has 0 saturated carbocycles. The lowest BCUT2D eigenvalue weighted by Crippen LogP contribution is -2.26. The largest absolute Gasteiger partial charge is 0.512 e. The SMILES string of the molecule is CCC1=CC=C(O)C(c2n[nH]c(=O)n2C2C=C(OC)C=CC2)C1. The van der Waals surface area contributed by atoms with Gasteiger partial charge in [-0.3, -0.25) is 4.57 Å². The molecule has 0 fully saturated rings. The normalized spacial score (nSPS) is 24.0. The summed E-state index contributed by atoms with van der Waals surface area (Å²) in [5.41, 5.74) is 0.957. The molecule has 3 rings (SSSR count). The summed E-state index contributed by atoms with van der Waals surface area (Å²) in [6.45, 7) is 2.08. The zero-order chi connectivity index (χ0) is 16.4. The first-order chi connectivity index (χ1) is 11.1. The van der Waals surface area contributed by atoms with Gasteiger partial charge in [-0.1, -0.05) is 24.6 Å². The van der Waals surface area contributed by atoms with Gasteiger partial charge in [-0.2, -0.15) is 5.10 Å². The van der Waals surface area contributed by atoms with Crippen LogP contribution in [-0.2, 0) is 4.74 Å². The van der Waals surface area contributed by atoms with E-state index in [0.29, 0.717) is 18.7 Å². The summed E-state index contributed by atoms with van der Waals surface area (Å²) in [6, 6.07) is -0.167. The maximum absolute atomic E-state index is 12.3. The first-order valence-electron chi connectivity index (χ1n) is 7.81. The van der Waals surface area contributed by atoms with Crippen LogP contribution in [0.3, 0.4) is 0 Å². The van der Waals surface area contributed by atoms with Gasteiger partial charge in [-0.25, -0.2) is 9.89 Å². The van der Waals surface area contributed by atoms with Crippen molar-refractivity contribution >= 4 is 0 Å². The quantitative estimate of drug-likeness (QED) is 0.895. The van der Waals surface area contributed by atoms with Crippen molar-refractivity contribution in [3.8, 4) is 0 Å². The molecule has 2 unspecified atom stereocenters. The van der Waals surface area contributed by atoms with Crippen molar-refractivity contribution in [1.29, 1.82) is 0 Å². The molecule has 0 spiro atoms. The van der Waals surface area contributed by atoms with E-state index < -0.39 is 0 Å². The van der Waals surface area contributed by atoms with Gasteiger partial charge in [0, 0.05) is 0 Å². The van der Waals surface area contributed by atoms with Crippen LogP contribution in [0.25, 0.3) is 0 Å². The average molecular weight is 315 g/mol. The van der Waals surface area contributed by atoms with Crippen LogP contribution < -0.4 is 5.69 Å². The number of aromatic amines is 1. The van der Waals surface area contributed by atoms with Crippen LogP contribution in [0.2, 0.25) is 0 Å². The maximum atomic E-state index is 12.3. The molecule has 0 radical (unpaired) electrons. The summed E-state index contributed by atoms with van der Waals surface area (Å²) < 4.78 is 6.88. The van der Waals surface area contributed by atoms with Crippen LogP contribution >= 0.6 is 0 Å². The van der Waals surface area contributed by atoms with Gasteiger partial charge < -0.3 is 9.84 Å². The Bertz CT molecular complexity index is 764. The first kappa shape index (κ1) is 15.4. The summed E-state index contributed by atoms with van der Waals surface area (Å²) in [4.78, 5) is 12.3. The van der Waals surface area contributed by atoms with Crippen molar-refractivity contribution in [3.05, 3.63) is 63.8 Å². The van der Waals surface area contributed by atoms with Crippen molar-refractivity contribution in [2.45, 2.75) is 38.1 Å². The van der Waals surface area contributed by atoms with Crippen LogP contribution in [0.1, 0.15) is 44.0 Å². The lowest BCUT2D eigenvalue weighted by molar-refractivity contribution is 0.298. The predicted octanol–water partition coefficient (Wildman–Crippen LogP) is 2.87. The Morgan fingerprint density at radius 1 is 1.48 bits per heavy atom. The molecular formula is C17H21N3O3. The molecule has 2 N–H and O–H groups in total. The zero-order valence-electron chi connectivity index (χ0n) is 13.3. The number of nitrogens with zero attached hydrogens (tertiary/aromatic N) is 2. The summed E-state index contributed by atoms with van der Waals surface area (Å²) in [5.74, 6) is 1.23. The van der Waals surface area contributed by atoms with Crippen molar-refractivity contribution in [3.63, 3.8) is 0 Å². The summed E-state index contributed by atoms with van der Waals surface area (Å²) >= 11 is 0. The van der Waals surface area contributed by atoms with Gasteiger partial charge >= 0.3 is 5.69 Å². The number of nitrogens with one attached hydrogen (secondary N) is 1. The number of allylic oxidation sites excluding steroid dienone is 7. The number of aliphatic hydroxyl groups excluding tert-OH is 1. The highest BCUT2D eigenvalue weighted by Gasteiger charge is 2.29. The van der Waals surface area contributed by atoms with Gasteiger partial charge in [0.1, 0.15) is 17.3 Å². The average Bonchev–Trinajstić information content (AvgIpc) is 2.97. The number of hydrogen-bond acceptors (Lipinski definition) is 4. The van der Waals surface area contributed by atoms with E-state index in [1.165, 1.54) is 5.57 Å². The number of methoxy groups -OCH3 is 1. The van der Waals surface area contributed by atoms with Crippen molar-refractivity contribution in [1.82, 2.24) is 14.8 Å². The topological polar surface area (TPSA) is 80.1 Å². The number of hydrogen-bond donors (Lipinski definition) is 2. The number of aromatic nitrogens is 3. The second kappa shape index (κ2) is 6.32. The monoisotopic (exact) mass is 315 g/mol. The number of rotatable bonds is 4. The molecule has 1 aromatic heterocycles. The Hall–Kier alpha value is -2.50. The van der Waals surface area contributed by atoms with Crippen molar-refractivity contribution in [2.24, 2.45) is 0 Å². The molecular weight excluding hydrogens is 294 g/mol. The van der Waals surface area contributed by atoms with Gasteiger partial charge in [-0.05, 0) is 37.5 Å². The third kappa shape index (κ3) is 2.88. The molecule has 2 atom stereocenters. The number of H-pyrrole nitrogens is 1. The summed E-state index contributed by atoms with van der Waals surface area (Å²) in [5, 5.41) is 17.0. The van der Waals surface area contributed by atoms with Gasteiger partial charge in [-0.15, -0.1) is 0 Å². The van der Waals surface area contributed by atoms with E-state index in [1.54, 1.807) is 17.8 Å². The van der Waals surface area contributed by atoms with Crippen LogP contribution in [0.4, 0.5) is 0 Å². The van der Waals surface area contributed by atoms with Crippen LogP contribution in [-0.4, -0.2) is 27.0 Å². The summed E-state index contributed by atoms with van der Waals surface area (Å²) in [7, 11) is 1.60. The molecule has 0 saturated heterocycles. The molecule has 6 nitrogen and oxygen atoms in total. The van der Waals surface area contributed by atoms with E-state index in [2.05, 4.69) is 17.1 Å². The molecule has 1 heterocycles. The van der Waals surface area contributed by atoms with Crippen molar-refractivity contribution < 1.29 is 9.84 Å². The molecule has 0 aromatic carbocycles. The molecule has 122 valence electrons. The summed E-state index contributed by atoms with van der Waals surface area (Å²) in [6.07, 6.45) is 11.7. The number of ether oxygens (including phenoxy) is 1. The van der Waals surface area contributed by atoms with Crippen LogP contribution in [0.5, 0.6) is 0 Å². The van der Waals surface area contributed by atoms with Crippen LogP contribution in [0, 0.1) is 0 Å². The van der Waals surface area contributed by atoms with E-state index >= 15 is 0 Å². The van der Waals surface area contributed by atoms with E-state index in [-0.39, 0.29) is 23.4 Å². The molecule has 23 heavy (non-hydrogen) atoms. The highest BCUT2D eigenvalue weighted by Crippen LogP contribution is 2.34. The Morgan fingerprint density at radius 2 is 2.30 bits per heavy atom. The van der Waals surface area contributed by atoms with E-state index in [0.717, 1.165) is 12.2 Å². The first-order valence-corrected chi connectivity index (χ1v) is 7.81. The molecule has 0 amide bonds. The highest BCUT2D eigenvalue weighted by atomic mass is 16.5. The number of aliphatic hydroxyl groups is 1. The Balaban J connectivity index is 1.99. The second-order valence-corrected chi connectivity index (χ2v) is 5.76. The molecule has 6 heteroatoms. The van der Waals surface area contributed by atoms with E-state index in [9.17, 15) is 9.90 Å². The fraction of sp³-hybridized carbons (Fsp3) is 0.412. The Morgan fingerprint density at radius 3 is 3.04 bits per heavy atom. The minimum atomic E-state index is -0.292. The Labute approximate surface area is 134 Å². The predicted molar refractivity (Wildman–Crippen MR) is 87.2 cm³/mol. The molecule has 0 bridgehead atoms. The van der Waals surface area contributed by atoms with Gasteiger partial charge in [0.25, 0.3) is 0 Å². The van der Waals surface area contributed by atoms with Crippen molar-refractivity contribution in [2.75, 3.05) is 7.11 Å². The van der Waals surface area contributed by atoms with E-state index in [1.807, 2.05) is 24.3 Å². The smallest absolute Gasteiger partial charge is 0.343 e. The standard InChI is InChI=1S/C17H21N3O3/c1-3-11-7-8-15(21)14(9-11)16-18-19-17(22)20(16)12-5-4-6-13(10-12)23-2/h4,6-8,10,12,14,21H,3,5,9H2,1-2H3,(H,19,22). The fourth-order valence-electron chi connectivity index (χ4n) is 3.08. The highest BCUT2D eigenvalue weighted by molar-refractivity contribution is 5.30. The Kier molecular flexibility index (Phi) is 4.23. The molecule has 1 aromatic rings. The van der Waals surface area contributed by atoms with Gasteiger partial charge in [0.05, 0.1) is 19.1 Å². The van der Waals surface area contributed by atoms with E-state index in [4.69, 9.17) is 4.74 Å². The third-order valence-electron chi connectivity index (χ3n) is 4.39. The minimum Gasteiger partial charge on any atom is -0.512 e. The molecule has 2 aliphatic rings. The third-order valence-corrected chi connectivity index (χ3v) is 4.39.